The lowest BCUT2D eigenvalue weighted by Gasteiger charge is -2.34. The van der Waals surface area contributed by atoms with Gasteiger partial charge < -0.3 is 10.2 Å². The predicted molar refractivity (Wildman–Crippen MR) is 87.6 cm³/mol. The molecule has 0 saturated carbocycles. The Kier molecular flexibility index (Phi) is 8.12. The number of piperidine rings is 1. The van der Waals surface area contributed by atoms with E-state index < -0.39 is 10.2 Å². The Labute approximate surface area is 130 Å². The van der Waals surface area contributed by atoms with Crippen molar-refractivity contribution in [1.82, 2.24) is 18.8 Å². The summed E-state index contributed by atoms with van der Waals surface area (Å²) < 4.78 is 28.4. The topological polar surface area (TPSA) is 55.9 Å². The molecule has 1 aliphatic rings. The van der Waals surface area contributed by atoms with Gasteiger partial charge in [0.15, 0.2) is 0 Å². The van der Waals surface area contributed by atoms with Crippen molar-refractivity contribution >= 4 is 10.2 Å². The second kappa shape index (κ2) is 9.05. The van der Waals surface area contributed by atoms with Gasteiger partial charge in [0.05, 0.1) is 0 Å². The molecule has 1 heterocycles. The minimum absolute atomic E-state index is 0.434. The molecule has 6 nitrogen and oxygen atoms in total. The maximum Gasteiger partial charge on any atom is 0.281 e. The first kappa shape index (κ1) is 18.8. The van der Waals surface area contributed by atoms with Crippen molar-refractivity contribution in [3.8, 4) is 0 Å². The van der Waals surface area contributed by atoms with Crippen LogP contribution in [0.5, 0.6) is 0 Å². The van der Waals surface area contributed by atoms with Gasteiger partial charge >= 0.3 is 0 Å². The molecular weight excluding hydrogens is 288 g/mol. The zero-order chi connectivity index (χ0) is 15.9. The van der Waals surface area contributed by atoms with E-state index in [1.807, 2.05) is 14.1 Å². The lowest BCUT2D eigenvalue weighted by Crippen LogP contribution is -2.48. The summed E-state index contributed by atoms with van der Waals surface area (Å²) in [6.07, 6.45) is 2.93. The van der Waals surface area contributed by atoms with Crippen LogP contribution in [-0.2, 0) is 10.2 Å². The van der Waals surface area contributed by atoms with Crippen molar-refractivity contribution in [2.24, 2.45) is 5.92 Å². The van der Waals surface area contributed by atoms with Crippen LogP contribution >= 0.6 is 0 Å². The fraction of sp³-hybridized carbons (Fsp3) is 1.00. The van der Waals surface area contributed by atoms with E-state index in [-0.39, 0.29) is 0 Å². The Morgan fingerprint density at radius 2 is 1.95 bits per heavy atom. The average molecular weight is 321 g/mol. The molecule has 126 valence electrons. The molecule has 0 spiro atoms. The number of nitrogens with zero attached hydrogens (tertiary/aromatic N) is 3. The SMILES string of the molecule is CCNCC1CCCN(S(=O)(=O)N(C)CCCN(C)C)C1. The van der Waals surface area contributed by atoms with Crippen molar-refractivity contribution in [3.05, 3.63) is 0 Å². The van der Waals surface area contributed by atoms with Crippen LogP contribution in [0.3, 0.4) is 0 Å². The highest BCUT2D eigenvalue weighted by Crippen LogP contribution is 2.20. The molecule has 21 heavy (non-hydrogen) atoms. The smallest absolute Gasteiger partial charge is 0.281 e. The summed E-state index contributed by atoms with van der Waals surface area (Å²) in [5, 5.41) is 3.33. The summed E-state index contributed by atoms with van der Waals surface area (Å²) in [5.74, 6) is 0.434. The van der Waals surface area contributed by atoms with Gasteiger partial charge in [-0.25, -0.2) is 0 Å². The molecule has 0 amide bonds. The molecule has 1 fully saturated rings. The highest BCUT2D eigenvalue weighted by molar-refractivity contribution is 7.86. The predicted octanol–water partition coefficient (Wildman–Crippen LogP) is 0.436. The monoisotopic (exact) mass is 320 g/mol. The quantitative estimate of drug-likeness (QED) is 0.670. The Morgan fingerprint density at radius 1 is 1.24 bits per heavy atom. The molecular formula is C14H32N4O2S. The molecule has 0 aromatic rings. The highest BCUT2D eigenvalue weighted by atomic mass is 32.2. The first-order chi connectivity index (χ1) is 9.87. The standard InChI is InChI=1S/C14H32N4O2S/c1-5-15-12-14-8-6-11-18(13-14)21(19,20)17(4)10-7-9-16(2)3/h14-15H,5-13H2,1-4H3. The molecule has 0 aromatic heterocycles. The summed E-state index contributed by atoms with van der Waals surface area (Å²) in [4.78, 5) is 2.08. The lowest BCUT2D eigenvalue weighted by atomic mass is 10.00. The highest BCUT2D eigenvalue weighted by Gasteiger charge is 2.31. The van der Waals surface area contributed by atoms with E-state index >= 15 is 0 Å². The van der Waals surface area contributed by atoms with E-state index in [0.717, 1.165) is 38.9 Å². The minimum Gasteiger partial charge on any atom is -0.317 e. The molecule has 1 saturated heterocycles. The first-order valence-corrected chi connectivity index (χ1v) is 9.34. The maximum absolute atomic E-state index is 12.6. The van der Waals surface area contributed by atoms with Gasteiger partial charge in [-0.15, -0.1) is 0 Å². The zero-order valence-electron chi connectivity index (χ0n) is 14.0. The number of hydrogen-bond acceptors (Lipinski definition) is 4. The van der Waals surface area contributed by atoms with E-state index in [1.165, 1.54) is 4.31 Å². The van der Waals surface area contributed by atoms with Gasteiger partial charge in [-0.1, -0.05) is 6.92 Å². The number of rotatable bonds is 9. The second-order valence-electron chi connectivity index (χ2n) is 6.16. The molecule has 0 radical (unpaired) electrons. The molecule has 7 heteroatoms. The summed E-state index contributed by atoms with van der Waals surface area (Å²) in [6, 6.07) is 0. The zero-order valence-corrected chi connectivity index (χ0v) is 14.8. The van der Waals surface area contributed by atoms with Crippen LogP contribution in [-0.4, -0.2) is 82.3 Å². The van der Waals surface area contributed by atoms with Crippen molar-refractivity contribution in [3.63, 3.8) is 0 Å². The fourth-order valence-corrected chi connectivity index (χ4v) is 4.19. The third-order valence-electron chi connectivity index (χ3n) is 3.96. The number of hydrogen-bond donors (Lipinski definition) is 1. The second-order valence-corrected chi connectivity index (χ2v) is 8.20. The van der Waals surface area contributed by atoms with Crippen molar-refractivity contribution in [2.75, 3.05) is 60.4 Å². The lowest BCUT2D eigenvalue weighted by molar-refractivity contribution is 0.245. The fourth-order valence-electron chi connectivity index (χ4n) is 2.67. The first-order valence-electron chi connectivity index (χ1n) is 7.94. The molecule has 0 bridgehead atoms. The van der Waals surface area contributed by atoms with Gasteiger partial charge in [0.2, 0.25) is 0 Å². The van der Waals surface area contributed by atoms with E-state index in [0.29, 0.717) is 25.6 Å². The molecule has 1 rings (SSSR count). The Bertz CT molecular complexity index is 386. The van der Waals surface area contributed by atoms with Crippen LogP contribution in [0, 0.1) is 5.92 Å². The van der Waals surface area contributed by atoms with Crippen LogP contribution in [0.4, 0.5) is 0 Å². The minimum atomic E-state index is -3.30. The molecule has 1 N–H and O–H groups in total. The van der Waals surface area contributed by atoms with Crippen LogP contribution < -0.4 is 5.32 Å². The third kappa shape index (κ3) is 6.20. The van der Waals surface area contributed by atoms with E-state index in [4.69, 9.17) is 0 Å². The van der Waals surface area contributed by atoms with Crippen LogP contribution in [0.1, 0.15) is 26.2 Å². The van der Waals surface area contributed by atoms with Crippen LogP contribution in [0.15, 0.2) is 0 Å². The van der Waals surface area contributed by atoms with Crippen molar-refractivity contribution in [2.45, 2.75) is 26.2 Å². The van der Waals surface area contributed by atoms with E-state index in [9.17, 15) is 8.42 Å². The van der Waals surface area contributed by atoms with Crippen LogP contribution in [0.25, 0.3) is 0 Å². The molecule has 1 aliphatic heterocycles. The Hall–Kier alpha value is -0.210. The van der Waals surface area contributed by atoms with E-state index in [2.05, 4.69) is 17.1 Å². The van der Waals surface area contributed by atoms with Gasteiger partial charge in [-0.05, 0) is 58.9 Å². The molecule has 1 unspecified atom stereocenters. The van der Waals surface area contributed by atoms with E-state index in [1.54, 1.807) is 11.4 Å². The van der Waals surface area contributed by atoms with Gasteiger partial charge in [0.25, 0.3) is 10.2 Å². The molecule has 0 aromatic carbocycles. The maximum atomic E-state index is 12.6. The average Bonchev–Trinajstić information content (AvgIpc) is 2.44. The van der Waals surface area contributed by atoms with Crippen molar-refractivity contribution in [1.29, 1.82) is 0 Å². The summed E-state index contributed by atoms with van der Waals surface area (Å²) >= 11 is 0. The Morgan fingerprint density at radius 3 is 2.57 bits per heavy atom. The number of nitrogens with one attached hydrogen (secondary N) is 1. The normalized spacial score (nSPS) is 21.3. The van der Waals surface area contributed by atoms with Gasteiger partial charge in [-0.2, -0.15) is 17.0 Å². The summed E-state index contributed by atoms with van der Waals surface area (Å²) in [5.41, 5.74) is 0. The van der Waals surface area contributed by atoms with Gasteiger partial charge in [-0.3, -0.25) is 0 Å². The molecule has 1 atom stereocenters. The van der Waals surface area contributed by atoms with Gasteiger partial charge in [0, 0.05) is 26.7 Å². The molecule has 0 aliphatic carbocycles. The Balaban J connectivity index is 2.51. The summed E-state index contributed by atoms with van der Waals surface area (Å²) in [6.45, 7) is 6.71. The van der Waals surface area contributed by atoms with Gasteiger partial charge in [0.1, 0.15) is 0 Å². The third-order valence-corrected chi connectivity index (χ3v) is 5.92. The van der Waals surface area contributed by atoms with Crippen LogP contribution in [0.2, 0.25) is 0 Å². The van der Waals surface area contributed by atoms with Crippen molar-refractivity contribution < 1.29 is 8.42 Å². The summed E-state index contributed by atoms with van der Waals surface area (Å²) in [7, 11) is 2.40. The largest absolute Gasteiger partial charge is 0.317 e.